The number of hydrogen-bond acceptors (Lipinski definition) is 4. The first-order valence-electron chi connectivity index (χ1n) is 9.21. The van der Waals surface area contributed by atoms with Crippen LogP contribution in [0.15, 0.2) is 0 Å². The normalized spacial score (nSPS) is 12.5. The highest BCUT2D eigenvalue weighted by Crippen LogP contribution is 2.25. The summed E-state index contributed by atoms with van der Waals surface area (Å²) in [6.07, 6.45) is 13.0. The maximum Gasteiger partial charge on any atom is 0.466 e. The van der Waals surface area contributed by atoms with Crippen LogP contribution in [0.4, 0.5) is 0 Å². The molecule has 0 spiro atoms. The lowest BCUT2D eigenvalue weighted by atomic mass is 10.1. The molecule has 0 radical (unpaired) electrons. The summed E-state index contributed by atoms with van der Waals surface area (Å²) in [4.78, 5) is 35.0. The number of hydrogen-bond donors (Lipinski definition) is 3. The quantitative estimate of drug-likeness (QED) is 0.254. The average Bonchev–Trinajstić information content (AvgIpc) is 2.49. The van der Waals surface area contributed by atoms with Crippen molar-refractivity contribution in [3.8, 4) is 0 Å². The van der Waals surface area contributed by atoms with E-state index in [0.717, 1.165) is 6.42 Å². The minimum absolute atomic E-state index is 0.106. The van der Waals surface area contributed by atoms with Crippen LogP contribution in [0.3, 0.4) is 0 Å². The third-order valence-corrected chi connectivity index (χ3v) is 3.86. The van der Waals surface area contributed by atoms with Gasteiger partial charge in [-0.15, -0.1) is 0 Å². The van der Waals surface area contributed by atoms with Crippen molar-refractivity contribution in [3.05, 3.63) is 0 Å². The second kappa shape index (κ2) is 17.0. The molecule has 3 N–H and O–H groups in total. The van der Waals surface area contributed by atoms with Gasteiger partial charge in [-0.3, -0.25) is 9.69 Å². The van der Waals surface area contributed by atoms with Crippen LogP contribution in [0.5, 0.6) is 0 Å². The van der Waals surface area contributed by atoms with Gasteiger partial charge >= 0.3 is 13.8 Å². The third kappa shape index (κ3) is 25.9. The van der Waals surface area contributed by atoms with Crippen LogP contribution < -0.4 is 0 Å². The van der Waals surface area contributed by atoms with Crippen LogP contribution in [-0.2, 0) is 14.1 Å². The maximum atomic E-state index is 11.6. The van der Waals surface area contributed by atoms with Crippen LogP contribution in [0.25, 0.3) is 0 Å². The van der Waals surface area contributed by atoms with Crippen molar-refractivity contribution in [2.45, 2.75) is 84.1 Å². The molecule has 0 aromatic heterocycles. The molecule has 0 aliphatic carbocycles. The second-order valence-electron chi connectivity index (χ2n) is 6.50. The van der Waals surface area contributed by atoms with Crippen LogP contribution in [0.1, 0.15) is 78.1 Å². The Bertz CT molecular complexity index is 351. The molecule has 0 aromatic rings. The van der Waals surface area contributed by atoms with Crippen LogP contribution in [0.2, 0.25) is 0 Å². The number of carbonyl (C=O) groups is 1. The summed E-state index contributed by atoms with van der Waals surface area (Å²) in [6, 6.07) is -0.141. The van der Waals surface area contributed by atoms with Gasteiger partial charge in [0.05, 0.1) is 6.61 Å². The lowest BCUT2D eigenvalue weighted by Crippen LogP contribution is -2.34. The van der Waals surface area contributed by atoms with E-state index in [9.17, 15) is 4.79 Å². The number of esters is 1. The number of ether oxygens (including phenoxy) is 1. The molecule has 0 fully saturated rings. The van der Waals surface area contributed by atoms with E-state index >= 15 is 0 Å². The topological polar surface area (TPSA) is 107 Å². The molecule has 0 rings (SSSR count). The first-order valence-corrected chi connectivity index (χ1v) is 10.8. The molecule has 0 saturated carbocycles. The molecule has 0 saturated heterocycles. The van der Waals surface area contributed by atoms with E-state index < -0.39 is 7.82 Å². The largest absolute Gasteiger partial charge is 0.466 e. The van der Waals surface area contributed by atoms with E-state index in [1.54, 1.807) is 0 Å². The third-order valence-electron chi connectivity index (χ3n) is 3.86. The van der Waals surface area contributed by atoms with Crippen molar-refractivity contribution in [1.29, 1.82) is 0 Å². The van der Waals surface area contributed by atoms with Crippen molar-refractivity contribution >= 4 is 13.8 Å². The standard InChI is InChI=1S/C17H35NO2.H3O4P/c1-5-6-7-8-9-10-11-12-13-14-15-20-17(19)16(2)18(3)4;1-5(2,3)4/h16H,5-15H2,1-4H3;(H3,1,2,3,4). The van der Waals surface area contributed by atoms with Crippen LogP contribution in [-0.4, -0.2) is 52.3 Å². The monoisotopic (exact) mass is 383 g/mol. The number of rotatable bonds is 13. The molecule has 25 heavy (non-hydrogen) atoms. The molecule has 7 nitrogen and oxygen atoms in total. The summed E-state index contributed by atoms with van der Waals surface area (Å²) in [5, 5.41) is 0. The highest BCUT2D eigenvalue weighted by molar-refractivity contribution is 7.45. The minimum Gasteiger partial charge on any atom is -0.465 e. The summed E-state index contributed by atoms with van der Waals surface area (Å²) in [5.41, 5.74) is 0. The van der Waals surface area contributed by atoms with Gasteiger partial charge in [0.25, 0.3) is 0 Å². The zero-order valence-electron chi connectivity index (χ0n) is 16.3. The molecule has 0 amide bonds. The molecule has 152 valence electrons. The highest BCUT2D eigenvalue weighted by atomic mass is 31.2. The van der Waals surface area contributed by atoms with Gasteiger partial charge in [0.1, 0.15) is 6.04 Å². The lowest BCUT2D eigenvalue weighted by Gasteiger charge is -2.17. The molecule has 1 unspecified atom stereocenters. The van der Waals surface area contributed by atoms with Gasteiger partial charge in [-0.1, -0.05) is 64.7 Å². The summed E-state index contributed by atoms with van der Waals surface area (Å²) in [7, 11) is -0.848. The smallest absolute Gasteiger partial charge is 0.465 e. The number of nitrogens with zero attached hydrogens (tertiary/aromatic N) is 1. The Balaban J connectivity index is 0. The molecule has 1 atom stereocenters. The lowest BCUT2D eigenvalue weighted by molar-refractivity contribution is -0.148. The van der Waals surface area contributed by atoms with Crippen molar-refractivity contribution in [1.82, 2.24) is 4.90 Å². The molecule has 8 heteroatoms. The van der Waals surface area contributed by atoms with Gasteiger partial charge < -0.3 is 19.4 Å². The fourth-order valence-corrected chi connectivity index (χ4v) is 2.09. The Morgan fingerprint density at radius 2 is 1.28 bits per heavy atom. The van der Waals surface area contributed by atoms with Crippen molar-refractivity contribution < 1.29 is 28.8 Å². The molecule has 0 heterocycles. The summed E-state index contributed by atoms with van der Waals surface area (Å²) in [6.45, 7) is 4.71. The van der Waals surface area contributed by atoms with Gasteiger partial charge in [0.2, 0.25) is 0 Å². The fraction of sp³-hybridized carbons (Fsp3) is 0.941. The van der Waals surface area contributed by atoms with E-state index in [1.165, 1.54) is 57.8 Å². The second-order valence-corrected chi connectivity index (χ2v) is 7.53. The molecule has 0 aliphatic rings. The van der Waals surface area contributed by atoms with Crippen LogP contribution >= 0.6 is 7.82 Å². The Morgan fingerprint density at radius 1 is 0.920 bits per heavy atom. The Hall–Kier alpha value is -0.460. The van der Waals surface area contributed by atoms with Gasteiger partial charge in [0, 0.05) is 0 Å². The number of unbranched alkanes of at least 4 members (excludes halogenated alkanes) is 9. The molecular weight excluding hydrogens is 345 g/mol. The van der Waals surface area contributed by atoms with E-state index in [-0.39, 0.29) is 12.0 Å². The number of phosphoric acid groups is 1. The van der Waals surface area contributed by atoms with Crippen LogP contribution in [0, 0.1) is 0 Å². The van der Waals surface area contributed by atoms with E-state index in [2.05, 4.69) is 6.92 Å². The number of likely N-dealkylation sites (N-methyl/N-ethyl adjacent to an activating group) is 1. The Morgan fingerprint density at radius 3 is 1.64 bits per heavy atom. The summed E-state index contributed by atoms with van der Waals surface area (Å²) < 4.78 is 14.1. The summed E-state index contributed by atoms with van der Waals surface area (Å²) >= 11 is 0. The maximum absolute atomic E-state index is 11.6. The van der Waals surface area contributed by atoms with Crippen molar-refractivity contribution in [2.24, 2.45) is 0 Å². The van der Waals surface area contributed by atoms with Gasteiger partial charge in [-0.2, -0.15) is 0 Å². The van der Waals surface area contributed by atoms with Crippen molar-refractivity contribution in [2.75, 3.05) is 20.7 Å². The predicted molar refractivity (Wildman–Crippen MR) is 100 cm³/mol. The van der Waals surface area contributed by atoms with E-state index in [0.29, 0.717) is 6.61 Å². The summed E-state index contributed by atoms with van der Waals surface area (Å²) in [5.74, 6) is -0.106. The fourth-order valence-electron chi connectivity index (χ4n) is 2.09. The van der Waals surface area contributed by atoms with Gasteiger partial charge in [0.15, 0.2) is 0 Å². The average molecular weight is 383 g/mol. The molecule has 0 aromatic carbocycles. The first kappa shape index (κ1) is 26.8. The SMILES string of the molecule is CCCCCCCCCCCCOC(=O)C(C)N(C)C.O=P(O)(O)O. The molecule has 0 bridgehead atoms. The number of carbonyl (C=O) groups excluding carboxylic acids is 1. The van der Waals surface area contributed by atoms with Crippen molar-refractivity contribution in [3.63, 3.8) is 0 Å². The van der Waals surface area contributed by atoms with Gasteiger partial charge in [-0.25, -0.2) is 4.57 Å². The van der Waals surface area contributed by atoms with E-state index in [1.807, 2.05) is 25.9 Å². The first-order chi connectivity index (χ1) is 11.6. The Kier molecular flexibility index (Phi) is 18.2. The van der Waals surface area contributed by atoms with Gasteiger partial charge in [-0.05, 0) is 27.4 Å². The predicted octanol–water partition coefficient (Wildman–Crippen LogP) is 3.47. The minimum atomic E-state index is -4.64. The molecular formula is C17H38NO6P. The van der Waals surface area contributed by atoms with E-state index in [4.69, 9.17) is 24.0 Å². The molecule has 0 aliphatic heterocycles. The zero-order chi connectivity index (χ0) is 19.7. The zero-order valence-corrected chi connectivity index (χ0v) is 17.2. The highest BCUT2D eigenvalue weighted by Gasteiger charge is 2.15. The Labute approximate surface area is 153 Å².